The summed E-state index contributed by atoms with van der Waals surface area (Å²) in [7, 11) is 0. The second-order valence-corrected chi connectivity index (χ2v) is 4.16. The molecule has 1 aromatic rings. The van der Waals surface area contributed by atoms with E-state index in [-0.39, 0.29) is 12.1 Å². The number of nitrogens with zero attached hydrogens (tertiary/aromatic N) is 1. The van der Waals surface area contributed by atoms with Gasteiger partial charge >= 0.3 is 0 Å². The first-order chi connectivity index (χ1) is 8.19. The predicted octanol–water partition coefficient (Wildman–Crippen LogP) is 2.65. The zero-order valence-corrected chi connectivity index (χ0v) is 10.5. The van der Waals surface area contributed by atoms with Crippen molar-refractivity contribution in [3.05, 3.63) is 29.8 Å². The van der Waals surface area contributed by atoms with Gasteiger partial charge in [0.05, 0.1) is 0 Å². The van der Waals surface area contributed by atoms with Crippen LogP contribution in [0.3, 0.4) is 0 Å². The molecule has 3 heteroatoms. The molecular formula is C14H20N2O. The highest BCUT2D eigenvalue weighted by Crippen LogP contribution is 2.15. The Bertz CT molecular complexity index is 367. The van der Waals surface area contributed by atoms with E-state index in [1.54, 1.807) is 0 Å². The lowest BCUT2D eigenvalue weighted by molar-refractivity contribution is 0.252. The molecule has 0 heterocycles. The molecule has 0 spiro atoms. The Morgan fingerprint density at radius 1 is 1.24 bits per heavy atom. The molecule has 2 unspecified atom stereocenters. The highest BCUT2D eigenvalue weighted by Gasteiger charge is 2.06. The van der Waals surface area contributed by atoms with Crippen molar-refractivity contribution in [3.8, 4) is 11.8 Å². The molecular weight excluding hydrogens is 212 g/mol. The second-order valence-electron chi connectivity index (χ2n) is 4.16. The molecule has 0 saturated carbocycles. The minimum atomic E-state index is -0.362. The van der Waals surface area contributed by atoms with Crippen LogP contribution in [0.5, 0.6) is 5.75 Å². The molecule has 1 aromatic carbocycles. The molecule has 0 bridgehead atoms. The number of rotatable bonds is 6. The van der Waals surface area contributed by atoms with Crippen LogP contribution in [-0.2, 0) is 6.42 Å². The first-order valence-corrected chi connectivity index (χ1v) is 6.10. The summed E-state index contributed by atoms with van der Waals surface area (Å²) in [6.45, 7) is 4.02. The van der Waals surface area contributed by atoms with Gasteiger partial charge in [0.25, 0.3) is 0 Å². The molecule has 92 valence electrons. The third-order valence-corrected chi connectivity index (χ3v) is 2.74. The van der Waals surface area contributed by atoms with Crippen LogP contribution in [-0.4, -0.2) is 12.1 Å². The van der Waals surface area contributed by atoms with E-state index in [1.165, 1.54) is 5.56 Å². The number of ether oxygens (including phenoxy) is 1. The first-order valence-electron chi connectivity index (χ1n) is 6.10. The summed E-state index contributed by atoms with van der Waals surface area (Å²) in [4.78, 5) is 0. The Balaban J connectivity index is 2.59. The molecule has 0 aromatic heterocycles. The maximum absolute atomic E-state index is 8.80. The number of benzene rings is 1. The fraction of sp³-hybridized carbons (Fsp3) is 0.500. The van der Waals surface area contributed by atoms with Crippen molar-refractivity contribution in [1.29, 1.82) is 5.26 Å². The van der Waals surface area contributed by atoms with Crippen molar-refractivity contribution in [3.63, 3.8) is 0 Å². The molecule has 0 saturated heterocycles. The van der Waals surface area contributed by atoms with Gasteiger partial charge in [0.2, 0.25) is 0 Å². The Morgan fingerprint density at radius 2 is 1.88 bits per heavy atom. The molecule has 0 amide bonds. The number of nitrogens with two attached hydrogens (primary N) is 1. The van der Waals surface area contributed by atoms with Crippen LogP contribution in [0, 0.1) is 11.3 Å². The van der Waals surface area contributed by atoms with Gasteiger partial charge in [-0.25, -0.2) is 0 Å². The summed E-state index contributed by atoms with van der Waals surface area (Å²) in [5, 5.41) is 8.80. The molecule has 2 N–H and O–H groups in total. The van der Waals surface area contributed by atoms with Crippen LogP contribution in [0.4, 0.5) is 0 Å². The van der Waals surface area contributed by atoms with E-state index in [1.807, 2.05) is 31.2 Å². The zero-order chi connectivity index (χ0) is 12.7. The molecule has 0 aliphatic heterocycles. The van der Waals surface area contributed by atoms with Gasteiger partial charge in [-0.2, -0.15) is 5.26 Å². The number of nitriles is 1. The zero-order valence-electron chi connectivity index (χ0n) is 10.5. The van der Waals surface area contributed by atoms with Gasteiger partial charge in [-0.15, -0.1) is 0 Å². The van der Waals surface area contributed by atoms with E-state index < -0.39 is 0 Å². The lowest BCUT2D eigenvalue weighted by atomic mass is 10.0. The molecule has 1 rings (SSSR count). The maximum Gasteiger partial charge on any atom is 0.184 e. The minimum absolute atomic E-state index is 0.212. The quantitative estimate of drug-likeness (QED) is 0.820. The molecule has 2 atom stereocenters. The number of hydrogen-bond donors (Lipinski definition) is 1. The average Bonchev–Trinajstić information content (AvgIpc) is 2.37. The van der Waals surface area contributed by atoms with E-state index >= 15 is 0 Å². The standard InChI is InChI=1S/C14H20N2O/c1-3-12(16)9-11-5-7-14(8-6-11)17-13(4-2)10-15/h5-8,12-13H,3-4,9,16H2,1-2H3. The van der Waals surface area contributed by atoms with Gasteiger partial charge in [0.1, 0.15) is 11.8 Å². The second kappa shape index (κ2) is 6.93. The topological polar surface area (TPSA) is 59.0 Å². The van der Waals surface area contributed by atoms with Crippen molar-refractivity contribution in [2.45, 2.75) is 45.3 Å². The minimum Gasteiger partial charge on any atom is -0.476 e. The van der Waals surface area contributed by atoms with Crippen LogP contribution in [0.1, 0.15) is 32.3 Å². The van der Waals surface area contributed by atoms with E-state index in [4.69, 9.17) is 15.7 Å². The van der Waals surface area contributed by atoms with Gasteiger partial charge in [0.15, 0.2) is 6.10 Å². The van der Waals surface area contributed by atoms with Crippen molar-refractivity contribution in [1.82, 2.24) is 0 Å². The maximum atomic E-state index is 8.80. The van der Waals surface area contributed by atoms with Crippen molar-refractivity contribution in [2.75, 3.05) is 0 Å². The van der Waals surface area contributed by atoms with Gasteiger partial charge < -0.3 is 10.5 Å². The summed E-state index contributed by atoms with van der Waals surface area (Å²) >= 11 is 0. The summed E-state index contributed by atoms with van der Waals surface area (Å²) < 4.78 is 5.51. The van der Waals surface area contributed by atoms with Crippen molar-refractivity contribution < 1.29 is 4.74 Å². The summed E-state index contributed by atoms with van der Waals surface area (Å²) in [6.07, 6.45) is 2.19. The Kier molecular flexibility index (Phi) is 5.51. The molecule has 17 heavy (non-hydrogen) atoms. The third kappa shape index (κ3) is 4.46. The van der Waals surface area contributed by atoms with Gasteiger partial charge in [-0.3, -0.25) is 0 Å². The monoisotopic (exact) mass is 232 g/mol. The highest BCUT2D eigenvalue weighted by atomic mass is 16.5. The fourth-order valence-corrected chi connectivity index (χ4v) is 1.52. The van der Waals surface area contributed by atoms with Gasteiger partial charge in [-0.1, -0.05) is 26.0 Å². The SMILES string of the molecule is CCC(N)Cc1ccc(OC(C#N)CC)cc1. The smallest absolute Gasteiger partial charge is 0.184 e. The summed E-state index contributed by atoms with van der Waals surface area (Å²) in [6, 6.07) is 10.1. The molecule has 0 aliphatic carbocycles. The van der Waals surface area contributed by atoms with Gasteiger partial charge in [0, 0.05) is 6.04 Å². The van der Waals surface area contributed by atoms with Crippen LogP contribution < -0.4 is 10.5 Å². The Labute approximate surface area is 103 Å². The normalized spacial score (nSPS) is 13.8. The lowest BCUT2D eigenvalue weighted by Gasteiger charge is -2.12. The fourth-order valence-electron chi connectivity index (χ4n) is 1.52. The van der Waals surface area contributed by atoms with Crippen molar-refractivity contribution in [2.24, 2.45) is 5.73 Å². The summed E-state index contributed by atoms with van der Waals surface area (Å²) in [5.41, 5.74) is 7.10. The summed E-state index contributed by atoms with van der Waals surface area (Å²) in [5.74, 6) is 0.743. The molecule has 0 radical (unpaired) electrons. The largest absolute Gasteiger partial charge is 0.476 e. The molecule has 3 nitrogen and oxygen atoms in total. The van der Waals surface area contributed by atoms with Crippen molar-refractivity contribution >= 4 is 0 Å². The van der Waals surface area contributed by atoms with Crippen LogP contribution in [0.15, 0.2) is 24.3 Å². The molecule has 0 aliphatic rings. The van der Waals surface area contributed by atoms with Gasteiger partial charge in [-0.05, 0) is 37.0 Å². The molecule has 0 fully saturated rings. The van der Waals surface area contributed by atoms with Crippen LogP contribution >= 0.6 is 0 Å². The third-order valence-electron chi connectivity index (χ3n) is 2.74. The van der Waals surface area contributed by atoms with Crippen LogP contribution in [0.2, 0.25) is 0 Å². The van der Waals surface area contributed by atoms with E-state index in [2.05, 4.69) is 13.0 Å². The first kappa shape index (κ1) is 13.5. The number of hydrogen-bond acceptors (Lipinski definition) is 3. The average molecular weight is 232 g/mol. The van der Waals surface area contributed by atoms with E-state index in [0.717, 1.165) is 18.6 Å². The van der Waals surface area contributed by atoms with Crippen LogP contribution in [0.25, 0.3) is 0 Å². The predicted molar refractivity (Wildman–Crippen MR) is 68.7 cm³/mol. The van der Waals surface area contributed by atoms with E-state index in [9.17, 15) is 0 Å². The highest BCUT2D eigenvalue weighted by molar-refractivity contribution is 5.28. The lowest BCUT2D eigenvalue weighted by Crippen LogP contribution is -2.21. The Hall–Kier alpha value is -1.53. The van der Waals surface area contributed by atoms with E-state index in [0.29, 0.717) is 6.42 Å². The Morgan fingerprint density at radius 3 is 2.35 bits per heavy atom.